The largest absolute Gasteiger partial charge is 0.356 e. The maximum atomic E-state index is 4.35. The van der Waals surface area contributed by atoms with Crippen LogP contribution in [0.4, 0.5) is 0 Å². The fourth-order valence-corrected chi connectivity index (χ4v) is 3.03. The molecule has 0 amide bonds. The molecule has 0 spiro atoms. The Morgan fingerprint density at radius 1 is 1.08 bits per heavy atom. The number of halogens is 1. The van der Waals surface area contributed by atoms with E-state index in [4.69, 9.17) is 0 Å². The van der Waals surface area contributed by atoms with Crippen molar-refractivity contribution in [1.29, 1.82) is 0 Å². The fourth-order valence-electron chi connectivity index (χ4n) is 3.03. The van der Waals surface area contributed by atoms with E-state index in [1.807, 2.05) is 13.1 Å². The van der Waals surface area contributed by atoms with Crippen molar-refractivity contribution in [3.05, 3.63) is 71.8 Å². The van der Waals surface area contributed by atoms with Crippen molar-refractivity contribution in [1.82, 2.24) is 10.6 Å². The molecule has 1 fully saturated rings. The Balaban J connectivity index is 0.00000208. The zero-order valence-corrected chi connectivity index (χ0v) is 16.6. The van der Waals surface area contributed by atoms with Gasteiger partial charge in [-0.3, -0.25) is 4.99 Å². The Morgan fingerprint density at radius 3 is 2.33 bits per heavy atom. The second kappa shape index (κ2) is 9.06. The molecule has 3 atom stereocenters. The summed E-state index contributed by atoms with van der Waals surface area (Å²) >= 11 is 0. The van der Waals surface area contributed by atoms with Crippen LogP contribution in [0.1, 0.15) is 36.4 Å². The van der Waals surface area contributed by atoms with Gasteiger partial charge in [0.05, 0.1) is 6.04 Å². The Bertz CT molecular complexity index is 642. The molecular weight excluding hydrogens is 409 g/mol. The van der Waals surface area contributed by atoms with E-state index >= 15 is 0 Å². The molecule has 3 nitrogen and oxygen atoms in total. The van der Waals surface area contributed by atoms with E-state index in [1.165, 1.54) is 17.5 Å². The molecule has 4 heteroatoms. The molecule has 3 unspecified atom stereocenters. The topological polar surface area (TPSA) is 36.4 Å². The van der Waals surface area contributed by atoms with Crippen molar-refractivity contribution in [3.8, 4) is 0 Å². The quantitative estimate of drug-likeness (QED) is 0.417. The monoisotopic (exact) mass is 435 g/mol. The zero-order chi connectivity index (χ0) is 16.1. The van der Waals surface area contributed by atoms with E-state index in [0.717, 1.165) is 12.5 Å². The number of nitrogens with zero attached hydrogens (tertiary/aromatic N) is 1. The van der Waals surface area contributed by atoms with Crippen LogP contribution in [0.2, 0.25) is 0 Å². The molecule has 1 aliphatic carbocycles. The molecule has 1 saturated carbocycles. The van der Waals surface area contributed by atoms with Crippen LogP contribution in [0.3, 0.4) is 0 Å². The summed E-state index contributed by atoms with van der Waals surface area (Å²) in [7, 11) is 1.83. The van der Waals surface area contributed by atoms with E-state index in [-0.39, 0.29) is 30.0 Å². The minimum atomic E-state index is 0. The number of nitrogens with one attached hydrogen (secondary N) is 2. The van der Waals surface area contributed by atoms with Crippen molar-refractivity contribution < 1.29 is 0 Å². The molecule has 2 N–H and O–H groups in total. The molecule has 1 aliphatic rings. The van der Waals surface area contributed by atoms with E-state index in [9.17, 15) is 0 Å². The summed E-state index contributed by atoms with van der Waals surface area (Å²) in [5.74, 6) is 2.29. The Hall–Kier alpha value is -1.56. The van der Waals surface area contributed by atoms with E-state index in [1.54, 1.807) is 0 Å². The number of aliphatic imine (C=N–C) groups is 1. The minimum Gasteiger partial charge on any atom is -0.356 e. The molecule has 0 aromatic heterocycles. The van der Waals surface area contributed by atoms with Gasteiger partial charge in [0.15, 0.2) is 5.96 Å². The van der Waals surface area contributed by atoms with Crippen LogP contribution < -0.4 is 10.6 Å². The summed E-state index contributed by atoms with van der Waals surface area (Å²) in [4.78, 5) is 4.35. The Labute approximate surface area is 162 Å². The Morgan fingerprint density at radius 2 is 1.71 bits per heavy atom. The molecule has 0 aliphatic heterocycles. The molecule has 0 heterocycles. The smallest absolute Gasteiger partial charge is 0.191 e. The first-order valence-electron chi connectivity index (χ1n) is 8.35. The second-order valence-corrected chi connectivity index (χ2v) is 6.24. The minimum absolute atomic E-state index is 0. The molecule has 0 radical (unpaired) electrons. The number of rotatable bonds is 5. The molecule has 128 valence electrons. The highest BCUT2D eigenvalue weighted by molar-refractivity contribution is 14.0. The van der Waals surface area contributed by atoms with Crippen LogP contribution in [0.25, 0.3) is 0 Å². The van der Waals surface area contributed by atoms with Gasteiger partial charge in [-0.05, 0) is 36.3 Å². The predicted molar refractivity (Wildman–Crippen MR) is 112 cm³/mol. The maximum absolute atomic E-state index is 4.35. The number of guanidine groups is 1. The van der Waals surface area contributed by atoms with E-state index < -0.39 is 0 Å². The first kappa shape index (κ1) is 18.8. The molecule has 3 rings (SSSR count). The van der Waals surface area contributed by atoms with Crippen LogP contribution in [0.5, 0.6) is 0 Å². The van der Waals surface area contributed by atoms with Crippen LogP contribution in [-0.2, 0) is 0 Å². The van der Waals surface area contributed by atoms with Gasteiger partial charge in [0.1, 0.15) is 0 Å². The van der Waals surface area contributed by atoms with Crippen LogP contribution >= 0.6 is 24.0 Å². The summed E-state index contributed by atoms with van der Waals surface area (Å²) < 4.78 is 0. The molecule has 2 aromatic rings. The van der Waals surface area contributed by atoms with Crippen molar-refractivity contribution in [2.75, 3.05) is 13.6 Å². The SMILES string of the molecule is CN=C(NCC1CC1c1ccccc1)NC(C)c1ccccc1.I. The zero-order valence-electron chi connectivity index (χ0n) is 14.3. The highest BCUT2D eigenvalue weighted by Gasteiger charge is 2.37. The van der Waals surface area contributed by atoms with Gasteiger partial charge in [0.2, 0.25) is 0 Å². The lowest BCUT2D eigenvalue weighted by Crippen LogP contribution is -2.39. The normalized spacial score (nSPS) is 20.7. The third-order valence-electron chi connectivity index (χ3n) is 4.56. The third-order valence-corrected chi connectivity index (χ3v) is 4.56. The highest BCUT2D eigenvalue weighted by atomic mass is 127. The van der Waals surface area contributed by atoms with Crippen molar-refractivity contribution in [2.24, 2.45) is 10.9 Å². The summed E-state index contributed by atoms with van der Waals surface area (Å²) in [5, 5.41) is 6.93. The molecule has 0 bridgehead atoms. The average molecular weight is 435 g/mol. The van der Waals surface area contributed by atoms with Gasteiger partial charge in [-0.1, -0.05) is 60.7 Å². The average Bonchev–Trinajstić information content (AvgIpc) is 3.39. The van der Waals surface area contributed by atoms with Crippen molar-refractivity contribution in [2.45, 2.75) is 25.3 Å². The van der Waals surface area contributed by atoms with Gasteiger partial charge in [-0.2, -0.15) is 0 Å². The maximum Gasteiger partial charge on any atom is 0.191 e. The standard InChI is InChI=1S/C20H25N3.HI/c1-15(16-9-5-3-6-10-16)23-20(21-2)22-14-18-13-19(18)17-11-7-4-8-12-17;/h3-12,15,18-19H,13-14H2,1-2H3,(H2,21,22,23);1H. The number of hydrogen-bond donors (Lipinski definition) is 2. The van der Waals surface area contributed by atoms with Gasteiger partial charge >= 0.3 is 0 Å². The van der Waals surface area contributed by atoms with Crippen LogP contribution in [0, 0.1) is 5.92 Å². The first-order chi connectivity index (χ1) is 11.3. The summed E-state index contributed by atoms with van der Waals surface area (Å²) in [6, 6.07) is 21.5. The van der Waals surface area contributed by atoms with Gasteiger partial charge in [-0.25, -0.2) is 0 Å². The van der Waals surface area contributed by atoms with Gasteiger partial charge in [0.25, 0.3) is 0 Å². The molecule has 24 heavy (non-hydrogen) atoms. The van der Waals surface area contributed by atoms with Gasteiger partial charge in [0, 0.05) is 13.6 Å². The van der Waals surface area contributed by atoms with E-state index in [0.29, 0.717) is 11.8 Å². The van der Waals surface area contributed by atoms with Gasteiger partial charge < -0.3 is 10.6 Å². The van der Waals surface area contributed by atoms with Crippen LogP contribution in [0.15, 0.2) is 65.7 Å². The number of benzene rings is 2. The van der Waals surface area contributed by atoms with Gasteiger partial charge in [-0.15, -0.1) is 24.0 Å². The predicted octanol–water partition coefficient (Wildman–Crippen LogP) is 4.33. The molecule has 2 aromatic carbocycles. The fraction of sp³-hybridized carbons (Fsp3) is 0.350. The summed E-state index contributed by atoms with van der Waals surface area (Å²) in [5.41, 5.74) is 2.73. The highest BCUT2D eigenvalue weighted by Crippen LogP contribution is 2.46. The lowest BCUT2D eigenvalue weighted by molar-refractivity contribution is 0.665. The summed E-state index contributed by atoms with van der Waals surface area (Å²) in [6.07, 6.45) is 1.27. The van der Waals surface area contributed by atoms with Crippen molar-refractivity contribution in [3.63, 3.8) is 0 Å². The molecule has 0 saturated heterocycles. The number of hydrogen-bond acceptors (Lipinski definition) is 1. The lowest BCUT2D eigenvalue weighted by atomic mass is 10.1. The third kappa shape index (κ3) is 4.97. The van der Waals surface area contributed by atoms with Crippen molar-refractivity contribution >= 4 is 29.9 Å². The first-order valence-corrected chi connectivity index (χ1v) is 8.35. The van der Waals surface area contributed by atoms with E-state index in [2.05, 4.69) is 77.1 Å². The van der Waals surface area contributed by atoms with Crippen LogP contribution in [-0.4, -0.2) is 19.6 Å². The Kier molecular flexibility index (Phi) is 7.09. The lowest BCUT2D eigenvalue weighted by Gasteiger charge is -2.18. The summed E-state index contributed by atoms with van der Waals surface area (Å²) in [6.45, 7) is 3.13. The molecular formula is C20H26IN3. The second-order valence-electron chi connectivity index (χ2n) is 6.24.